The summed E-state index contributed by atoms with van der Waals surface area (Å²) < 4.78 is 12.1. The maximum atomic E-state index is 11.4. The lowest BCUT2D eigenvalue weighted by molar-refractivity contribution is -0.164. The molecular formula is C15H27N3O3. The summed E-state index contributed by atoms with van der Waals surface area (Å²) in [6.45, 7) is 3.71. The fourth-order valence-corrected chi connectivity index (χ4v) is 3.86. The van der Waals surface area contributed by atoms with Crippen LogP contribution >= 0.6 is 0 Å². The molecule has 0 aromatic rings. The number of nitrogens with two attached hydrogens (primary N) is 1. The van der Waals surface area contributed by atoms with Gasteiger partial charge in [-0.15, -0.1) is 0 Å². The van der Waals surface area contributed by atoms with Crippen molar-refractivity contribution in [3.05, 3.63) is 0 Å². The van der Waals surface area contributed by atoms with Crippen LogP contribution in [0.3, 0.4) is 0 Å². The van der Waals surface area contributed by atoms with E-state index >= 15 is 0 Å². The van der Waals surface area contributed by atoms with Gasteiger partial charge in [-0.25, -0.2) is 0 Å². The lowest BCUT2D eigenvalue weighted by Crippen LogP contribution is -2.49. The minimum Gasteiger partial charge on any atom is -0.369 e. The Morgan fingerprint density at radius 1 is 1.29 bits per heavy atom. The maximum absolute atomic E-state index is 11.4. The van der Waals surface area contributed by atoms with E-state index in [9.17, 15) is 4.79 Å². The van der Waals surface area contributed by atoms with Gasteiger partial charge in [-0.1, -0.05) is 0 Å². The summed E-state index contributed by atoms with van der Waals surface area (Å²) in [5, 5.41) is 3.36. The molecule has 0 bridgehead atoms. The van der Waals surface area contributed by atoms with Crippen LogP contribution in [-0.2, 0) is 14.3 Å². The molecule has 120 valence electrons. The first kappa shape index (κ1) is 15.2. The average Bonchev–Trinajstić information content (AvgIpc) is 3.09. The molecule has 3 fully saturated rings. The number of nitrogens with zero attached hydrogens (tertiary/aromatic N) is 1. The monoisotopic (exact) mass is 297 g/mol. The van der Waals surface area contributed by atoms with E-state index in [1.807, 2.05) is 0 Å². The Morgan fingerprint density at radius 2 is 2.00 bits per heavy atom. The molecule has 2 saturated heterocycles. The van der Waals surface area contributed by atoms with Crippen molar-refractivity contribution < 1.29 is 14.3 Å². The summed E-state index contributed by atoms with van der Waals surface area (Å²) >= 11 is 0. The molecule has 3 aliphatic rings. The van der Waals surface area contributed by atoms with E-state index in [0.717, 1.165) is 45.3 Å². The fourth-order valence-electron chi connectivity index (χ4n) is 3.86. The van der Waals surface area contributed by atoms with Crippen molar-refractivity contribution in [3.8, 4) is 0 Å². The number of piperidine rings is 1. The van der Waals surface area contributed by atoms with E-state index in [0.29, 0.717) is 19.2 Å². The van der Waals surface area contributed by atoms with E-state index in [2.05, 4.69) is 10.2 Å². The summed E-state index contributed by atoms with van der Waals surface area (Å²) in [5.74, 6) is -0.583. The summed E-state index contributed by atoms with van der Waals surface area (Å²) in [6.07, 6.45) is 6.58. The van der Waals surface area contributed by atoms with Crippen LogP contribution in [0, 0.1) is 0 Å². The molecule has 21 heavy (non-hydrogen) atoms. The average molecular weight is 297 g/mol. The number of nitrogens with one attached hydrogen (secondary N) is 1. The molecule has 1 aliphatic carbocycles. The van der Waals surface area contributed by atoms with Crippen molar-refractivity contribution in [2.24, 2.45) is 5.73 Å². The molecule has 1 saturated carbocycles. The third kappa shape index (κ3) is 3.74. The van der Waals surface area contributed by atoms with Crippen LogP contribution in [0.25, 0.3) is 0 Å². The van der Waals surface area contributed by atoms with Crippen LogP contribution in [-0.4, -0.2) is 61.5 Å². The molecule has 1 unspecified atom stereocenters. The third-order valence-corrected chi connectivity index (χ3v) is 4.90. The molecule has 0 radical (unpaired) electrons. The number of amides is 1. The predicted octanol–water partition coefficient (Wildman–Crippen LogP) is 0.211. The molecule has 0 aromatic carbocycles. The van der Waals surface area contributed by atoms with Crippen molar-refractivity contribution in [2.45, 2.75) is 56.5 Å². The SMILES string of the molecule is NC(=O)CN(CC1COC2(CCCC2)O1)C1CCNCC1. The van der Waals surface area contributed by atoms with E-state index in [1.54, 1.807) is 0 Å². The first-order valence-corrected chi connectivity index (χ1v) is 8.22. The van der Waals surface area contributed by atoms with Gasteiger partial charge in [-0.2, -0.15) is 0 Å². The van der Waals surface area contributed by atoms with Gasteiger partial charge < -0.3 is 20.5 Å². The largest absolute Gasteiger partial charge is 0.369 e. The normalized spacial score (nSPS) is 29.5. The van der Waals surface area contributed by atoms with Crippen molar-refractivity contribution >= 4 is 5.91 Å². The van der Waals surface area contributed by atoms with Gasteiger partial charge in [0, 0.05) is 25.4 Å². The lowest BCUT2D eigenvalue weighted by Gasteiger charge is -2.35. The van der Waals surface area contributed by atoms with E-state index in [4.69, 9.17) is 15.2 Å². The number of rotatable bonds is 5. The molecule has 6 nitrogen and oxygen atoms in total. The van der Waals surface area contributed by atoms with Gasteiger partial charge in [0.25, 0.3) is 0 Å². The minimum absolute atomic E-state index is 0.0670. The highest BCUT2D eigenvalue weighted by Crippen LogP contribution is 2.39. The topological polar surface area (TPSA) is 76.8 Å². The Balaban J connectivity index is 1.57. The lowest BCUT2D eigenvalue weighted by atomic mass is 10.0. The van der Waals surface area contributed by atoms with Crippen LogP contribution in [0.5, 0.6) is 0 Å². The van der Waals surface area contributed by atoms with E-state index < -0.39 is 0 Å². The van der Waals surface area contributed by atoms with Crippen LogP contribution in [0.4, 0.5) is 0 Å². The Morgan fingerprint density at radius 3 is 2.67 bits per heavy atom. The smallest absolute Gasteiger partial charge is 0.231 e. The highest BCUT2D eigenvalue weighted by Gasteiger charge is 2.44. The summed E-state index contributed by atoms with van der Waals surface area (Å²) in [6, 6.07) is 0.419. The van der Waals surface area contributed by atoms with Crippen LogP contribution in [0.15, 0.2) is 0 Å². The van der Waals surface area contributed by atoms with E-state index in [-0.39, 0.29) is 17.8 Å². The summed E-state index contributed by atoms with van der Waals surface area (Å²) in [4.78, 5) is 13.6. The molecule has 1 spiro atoms. The number of hydrogen-bond acceptors (Lipinski definition) is 5. The molecule has 6 heteroatoms. The molecular weight excluding hydrogens is 270 g/mol. The van der Waals surface area contributed by atoms with Crippen molar-refractivity contribution in [2.75, 3.05) is 32.8 Å². The number of primary amides is 1. The summed E-state index contributed by atoms with van der Waals surface area (Å²) in [5.41, 5.74) is 5.42. The third-order valence-electron chi connectivity index (χ3n) is 4.90. The zero-order valence-corrected chi connectivity index (χ0v) is 12.7. The van der Waals surface area contributed by atoms with Gasteiger partial charge in [0.2, 0.25) is 5.91 Å². The minimum atomic E-state index is -0.322. The fraction of sp³-hybridized carbons (Fsp3) is 0.933. The number of carbonyl (C=O) groups is 1. The Labute approximate surface area is 126 Å². The van der Waals surface area contributed by atoms with Gasteiger partial charge >= 0.3 is 0 Å². The van der Waals surface area contributed by atoms with Gasteiger partial charge in [-0.05, 0) is 38.8 Å². The van der Waals surface area contributed by atoms with Crippen LogP contribution < -0.4 is 11.1 Å². The molecule has 3 N–H and O–H groups in total. The standard InChI is InChI=1S/C15H27N3O3/c16-14(19)10-18(12-3-7-17-8-4-12)9-13-11-20-15(21-13)5-1-2-6-15/h12-13,17H,1-11H2,(H2,16,19). The second-order valence-electron chi connectivity index (χ2n) is 6.55. The van der Waals surface area contributed by atoms with Gasteiger partial charge in [0.1, 0.15) is 0 Å². The number of hydrogen-bond donors (Lipinski definition) is 2. The van der Waals surface area contributed by atoms with Gasteiger partial charge in [0.05, 0.1) is 19.3 Å². The summed E-state index contributed by atoms with van der Waals surface area (Å²) in [7, 11) is 0. The van der Waals surface area contributed by atoms with Crippen LogP contribution in [0.2, 0.25) is 0 Å². The maximum Gasteiger partial charge on any atom is 0.231 e. The highest BCUT2D eigenvalue weighted by molar-refractivity contribution is 5.75. The zero-order chi connectivity index (χ0) is 14.7. The van der Waals surface area contributed by atoms with Gasteiger partial charge in [0.15, 0.2) is 5.79 Å². The van der Waals surface area contributed by atoms with Crippen LogP contribution in [0.1, 0.15) is 38.5 Å². The highest BCUT2D eigenvalue weighted by atomic mass is 16.7. The molecule has 0 aromatic heterocycles. The van der Waals surface area contributed by atoms with Gasteiger partial charge in [-0.3, -0.25) is 9.69 Å². The van der Waals surface area contributed by atoms with Crippen molar-refractivity contribution in [1.82, 2.24) is 10.2 Å². The Kier molecular flexibility index (Phi) is 4.78. The molecule has 2 aliphatic heterocycles. The zero-order valence-electron chi connectivity index (χ0n) is 12.7. The number of ether oxygens (including phenoxy) is 2. The second-order valence-corrected chi connectivity index (χ2v) is 6.55. The molecule has 1 atom stereocenters. The molecule has 1 amide bonds. The second kappa shape index (κ2) is 6.60. The molecule has 3 rings (SSSR count). The van der Waals surface area contributed by atoms with Crippen molar-refractivity contribution in [1.29, 1.82) is 0 Å². The van der Waals surface area contributed by atoms with Crippen molar-refractivity contribution in [3.63, 3.8) is 0 Å². The number of carbonyl (C=O) groups excluding carboxylic acids is 1. The first-order chi connectivity index (χ1) is 10.2. The Bertz CT molecular complexity index is 365. The first-order valence-electron chi connectivity index (χ1n) is 8.22. The predicted molar refractivity (Wildman–Crippen MR) is 78.7 cm³/mol. The molecule has 2 heterocycles. The Hall–Kier alpha value is -0.690. The van der Waals surface area contributed by atoms with E-state index in [1.165, 1.54) is 12.8 Å². The quantitative estimate of drug-likeness (QED) is 0.759.